The molecule has 1 saturated heterocycles. The van der Waals surface area contributed by atoms with E-state index in [1.807, 2.05) is 0 Å². The van der Waals surface area contributed by atoms with Gasteiger partial charge in [-0.25, -0.2) is 8.42 Å². The van der Waals surface area contributed by atoms with E-state index in [0.717, 1.165) is 0 Å². The summed E-state index contributed by atoms with van der Waals surface area (Å²) in [7, 11) is 0.907. The third-order valence-corrected chi connectivity index (χ3v) is 6.88. The third-order valence-electron chi connectivity index (χ3n) is 5.07. The van der Waals surface area contributed by atoms with E-state index in [9.17, 15) is 13.5 Å². The smallest absolute Gasteiger partial charge is 0.178 e. The quantitative estimate of drug-likeness (QED) is 0.503. The van der Waals surface area contributed by atoms with Crippen LogP contribution in [-0.4, -0.2) is 83.0 Å². The lowest BCUT2D eigenvalue weighted by Crippen LogP contribution is -2.37. The first-order valence-corrected chi connectivity index (χ1v) is 10.8. The molecule has 1 aromatic rings. The largest absolute Gasteiger partial charge is 0.394 e. The molecule has 1 aliphatic rings. The average molecular weight is 419 g/mol. The van der Waals surface area contributed by atoms with Gasteiger partial charge in [-0.3, -0.25) is 0 Å². The number of hydrogen-bond acceptors (Lipinski definition) is 8. The van der Waals surface area contributed by atoms with Crippen molar-refractivity contribution >= 4 is 9.84 Å². The number of ether oxygens (including phenoxy) is 4. The highest BCUT2D eigenvalue weighted by atomic mass is 32.2. The normalized spacial score (nSPS) is 26.6. The summed E-state index contributed by atoms with van der Waals surface area (Å²) >= 11 is 0. The van der Waals surface area contributed by atoms with E-state index >= 15 is 0 Å². The Bertz CT molecular complexity index is 676. The Hall–Kier alpha value is -1.07. The van der Waals surface area contributed by atoms with Crippen LogP contribution in [0, 0.1) is 5.92 Å². The van der Waals surface area contributed by atoms with Crippen LogP contribution in [0.15, 0.2) is 35.2 Å². The standard InChI is InChI=1S/C19H30O8S/c1-24-18(25-2)10-16-15(12-28(22,23)14-7-5-4-6-8-14)19(26-3)17(27-16)9-13(21)11-20/h4-8,13,15-21H,9-12H2,1-3H3/t13-,15-,16?,17+,19+/m0/s1. The van der Waals surface area contributed by atoms with Gasteiger partial charge in [-0.1, -0.05) is 18.2 Å². The molecule has 8 nitrogen and oxygen atoms in total. The zero-order chi connectivity index (χ0) is 20.7. The molecule has 1 fully saturated rings. The van der Waals surface area contributed by atoms with Crippen LogP contribution < -0.4 is 0 Å². The fraction of sp³-hybridized carbons (Fsp3) is 0.684. The van der Waals surface area contributed by atoms with Crippen LogP contribution in [0.1, 0.15) is 12.8 Å². The Morgan fingerprint density at radius 1 is 1.07 bits per heavy atom. The van der Waals surface area contributed by atoms with E-state index in [2.05, 4.69) is 0 Å². The van der Waals surface area contributed by atoms with Gasteiger partial charge in [-0.2, -0.15) is 0 Å². The second-order valence-electron chi connectivity index (χ2n) is 6.88. The Labute approximate surface area is 166 Å². The van der Waals surface area contributed by atoms with Crippen LogP contribution in [0.4, 0.5) is 0 Å². The highest BCUT2D eigenvalue weighted by Gasteiger charge is 2.47. The van der Waals surface area contributed by atoms with Crippen molar-refractivity contribution < 1.29 is 37.6 Å². The number of rotatable bonds is 11. The Kier molecular flexibility index (Phi) is 8.81. The van der Waals surface area contributed by atoms with Crippen molar-refractivity contribution in [3.8, 4) is 0 Å². The first-order valence-electron chi connectivity index (χ1n) is 9.16. The van der Waals surface area contributed by atoms with Crippen LogP contribution in [0.5, 0.6) is 0 Å². The molecule has 0 aromatic heterocycles. The molecular weight excluding hydrogens is 388 g/mol. The van der Waals surface area contributed by atoms with Gasteiger partial charge in [0.2, 0.25) is 0 Å². The second-order valence-corrected chi connectivity index (χ2v) is 8.91. The Morgan fingerprint density at radius 3 is 2.25 bits per heavy atom. The SMILES string of the molecule is COC(CC1O[C@H](C[C@H](O)CO)[C@H](OC)[C@H]1CS(=O)(=O)c1ccccc1)OC. The molecule has 1 aliphatic heterocycles. The minimum absolute atomic E-state index is 0.137. The Morgan fingerprint density at radius 2 is 1.71 bits per heavy atom. The van der Waals surface area contributed by atoms with Gasteiger partial charge in [0.25, 0.3) is 0 Å². The average Bonchev–Trinajstić information content (AvgIpc) is 3.01. The molecule has 1 unspecified atom stereocenters. The zero-order valence-corrected chi connectivity index (χ0v) is 17.2. The van der Waals surface area contributed by atoms with E-state index in [-0.39, 0.29) is 17.1 Å². The van der Waals surface area contributed by atoms with E-state index < -0.39 is 53.1 Å². The van der Waals surface area contributed by atoms with Crippen LogP contribution in [0.25, 0.3) is 0 Å². The number of benzene rings is 1. The monoisotopic (exact) mass is 418 g/mol. The van der Waals surface area contributed by atoms with Gasteiger partial charge in [-0.15, -0.1) is 0 Å². The van der Waals surface area contributed by atoms with Gasteiger partial charge in [-0.05, 0) is 12.1 Å². The number of hydrogen-bond donors (Lipinski definition) is 2. The van der Waals surface area contributed by atoms with Gasteiger partial charge >= 0.3 is 0 Å². The van der Waals surface area contributed by atoms with Crippen molar-refractivity contribution in [1.29, 1.82) is 0 Å². The van der Waals surface area contributed by atoms with Crippen molar-refractivity contribution in [2.45, 2.75) is 48.4 Å². The number of aliphatic hydroxyl groups excluding tert-OH is 2. The second kappa shape index (κ2) is 10.6. The van der Waals surface area contributed by atoms with E-state index in [1.165, 1.54) is 21.3 Å². The number of methoxy groups -OCH3 is 3. The third kappa shape index (κ3) is 5.73. The lowest BCUT2D eigenvalue weighted by Gasteiger charge is -2.25. The first-order chi connectivity index (χ1) is 13.4. The van der Waals surface area contributed by atoms with Gasteiger partial charge in [0.15, 0.2) is 16.1 Å². The molecule has 0 bridgehead atoms. The Balaban J connectivity index is 2.28. The van der Waals surface area contributed by atoms with E-state index in [0.29, 0.717) is 6.42 Å². The topological polar surface area (TPSA) is 112 Å². The molecule has 0 aliphatic carbocycles. The first kappa shape index (κ1) is 23.2. The predicted molar refractivity (Wildman–Crippen MR) is 102 cm³/mol. The molecule has 2 N–H and O–H groups in total. The van der Waals surface area contributed by atoms with Gasteiger partial charge in [0.05, 0.1) is 41.7 Å². The summed E-state index contributed by atoms with van der Waals surface area (Å²) in [5, 5.41) is 19.0. The van der Waals surface area contributed by atoms with Crippen LogP contribution >= 0.6 is 0 Å². The summed E-state index contributed by atoms with van der Waals surface area (Å²) in [5.41, 5.74) is 0. The van der Waals surface area contributed by atoms with Crippen molar-refractivity contribution in [3.05, 3.63) is 30.3 Å². The molecule has 2 rings (SSSR count). The fourth-order valence-electron chi connectivity index (χ4n) is 3.64. The van der Waals surface area contributed by atoms with Crippen molar-refractivity contribution in [2.24, 2.45) is 5.92 Å². The van der Waals surface area contributed by atoms with E-state index in [4.69, 9.17) is 24.1 Å². The summed E-state index contributed by atoms with van der Waals surface area (Å²) in [6.07, 6.45) is -2.71. The highest BCUT2D eigenvalue weighted by Crippen LogP contribution is 2.36. The molecule has 0 radical (unpaired) electrons. The van der Waals surface area contributed by atoms with Crippen LogP contribution in [0.3, 0.4) is 0 Å². The predicted octanol–water partition coefficient (Wildman–Crippen LogP) is 0.611. The lowest BCUT2D eigenvalue weighted by atomic mass is 9.94. The van der Waals surface area contributed by atoms with E-state index in [1.54, 1.807) is 30.3 Å². The van der Waals surface area contributed by atoms with Gasteiger partial charge in [0.1, 0.15) is 0 Å². The van der Waals surface area contributed by atoms with Crippen LogP contribution in [-0.2, 0) is 28.8 Å². The molecule has 0 saturated carbocycles. The maximum atomic E-state index is 12.9. The molecule has 160 valence electrons. The van der Waals surface area contributed by atoms with Crippen molar-refractivity contribution in [3.63, 3.8) is 0 Å². The summed E-state index contributed by atoms with van der Waals surface area (Å²) in [4.78, 5) is 0.234. The molecule has 0 spiro atoms. The number of sulfone groups is 1. The molecule has 0 amide bonds. The van der Waals surface area contributed by atoms with Gasteiger partial charge < -0.3 is 29.2 Å². The lowest BCUT2D eigenvalue weighted by molar-refractivity contribution is -0.132. The van der Waals surface area contributed by atoms with Crippen molar-refractivity contribution in [1.82, 2.24) is 0 Å². The summed E-state index contributed by atoms with van der Waals surface area (Å²) in [6.45, 7) is -0.410. The number of aliphatic hydroxyl groups is 2. The van der Waals surface area contributed by atoms with Gasteiger partial charge in [0, 0.05) is 40.1 Å². The minimum Gasteiger partial charge on any atom is -0.394 e. The molecule has 9 heteroatoms. The van der Waals surface area contributed by atoms with Crippen LogP contribution in [0.2, 0.25) is 0 Å². The molecular formula is C19H30O8S. The summed E-state index contributed by atoms with van der Waals surface area (Å²) in [5.74, 6) is -0.662. The summed E-state index contributed by atoms with van der Waals surface area (Å²) in [6, 6.07) is 8.22. The molecule has 1 heterocycles. The molecule has 5 atom stereocenters. The van der Waals surface area contributed by atoms with Crippen molar-refractivity contribution in [2.75, 3.05) is 33.7 Å². The highest BCUT2D eigenvalue weighted by molar-refractivity contribution is 7.91. The molecule has 1 aromatic carbocycles. The minimum atomic E-state index is -3.58. The zero-order valence-electron chi connectivity index (χ0n) is 16.4. The maximum absolute atomic E-state index is 12.9. The summed E-state index contributed by atoms with van der Waals surface area (Å²) < 4.78 is 48.0. The fourth-order valence-corrected chi connectivity index (χ4v) is 5.31. The molecule has 28 heavy (non-hydrogen) atoms. The maximum Gasteiger partial charge on any atom is 0.178 e.